The van der Waals surface area contributed by atoms with Crippen molar-refractivity contribution in [2.75, 3.05) is 6.61 Å². The number of hydrogen-bond donors (Lipinski definition) is 1. The molecule has 1 aromatic rings. The van der Waals surface area contributed by atoms with Gasteiger partial charge in [0.15, 0.2) is 0 Å². The molecule has 1 aromatic carbocycles. The minimum Gasteiger partial charge on any atom is -0.493 e. The van der Waals surface area contributed by atoms with Crippen LogP contribution in [0.3, 0.4) is 0 Å². The zero-order valence-corrected chi connectivity index (χ0v) is 10.8. The molecule has 1 aliphatic rings. The molecule has 0 radical (unpaired) electrons. The summed E-state index contributed by atoms with van der Waals surface area (Å²) in [7, 11) is 0. The summed E-state index contributed by atoms with van der Waals surface area (Å²) in [5.41, 5.74) is 0.552. The van der Waals surface area contributed by atoms with Crippen molar-refractivity contribution in [3.05, 3.63) is 29.8 Å². The van der Waals surface area contributed by atoms with E-state index in [0.717, 1.165) is 37.0 Å². The molecule has 1 aliphatic carbocycles. The predicted octanol–water partition coefficient (Wildman–Crippen LogP) is 3.41. The summed E-state index contributed by atoms with van der Waals surface area (Å²) in [6.07, 6.45) is 4.24. The van der Waals surface area contributed by atoms with E-state index in [0.29, 0.717) is 13.0 Å². The highest BCUT2D eigenvalue weighted by molar-refractivity contribution is 5.74. The lowest BCUT2D eigenvalue weighted by molar-refractivity contribution is -0.149. The molecule has 0 aromatic heterocycles. The molecule has 0 heterocycles. The Labute approximate surface area is 108 Å². The van der Waals surface area contributed by atoms with Crippen molar-refractivity contribution in [3.63, 3.8) is 0 Å². The molecule has 0 atom stereocenters. The van der Waals surface area contributed by atoms with Gasteiger partial charge in [-0.1, -0.05) is 31.0 Å². The fraction of sp³-hybridized carbons (Fsp3) is 0.533. The molecular formula is C15H20O3. The summed E-state index contributed by atoms with van der Waals surface area (Å²) in [6.45, 7) is 2.48. The van der Waals surface area contributed by atoms with Crippen molar-refractivity contribution in [2.24, 2.45) is 5.41 Å². The molecule has 98 valence electrons. The minimum absolute atomic E-state index is 0.483. The monoisotopic (exact) mass is 248 g/mol. The number of carbonyl (C=O) groups is 1. The van der Waals surface area contributed by atoms with Crippen LogP contribution in [0.5, 0.6) is 5.75 Å². The maximum atomic E-state index is 11.4. The van der Waals surface area contributed by atoms with Gasteiger partial charge in [0.2, 0.25) is 0 Å². The van der Waals surface area contributed by atoms with Crippen LogP contribution in [0.4, 0.5) is 0 Å². The van der Waals surface area contributed by atoms with Gasteiger partial charge in [-0.05, 0) is 37.8 Å². The highest BCUT2D eigenvalue weighted by Crippen LogP contribution is 2.41. The Hall–Kier alpha value is -1.51. The summed E-state index contributed by atoms with van der Waals surface area (Å²) < 4.78 is 5.71. The molecule has 0 spiro atoms. The molecule has 2 rings (SSSR count). The van der Waals surface area contributed by atoms with E-state index in [9.17, 15) is 9.90 Å². The van der Waals surface area contributed by atoms with Crippen molar-refractivity contribution in [1.29, 1.82) is 0 Å². The number of hydrogen-bond acceptors (Lipinski definition) is 2. The van der Waals surface area contributed by atoms with E-state index in [4.69, 9.17) is 4.74 Å². The number of carboxylic acids is 1. The Morgan fingerprint density at radius 3 is 2.61 bits per heavy atom. The van der Waals surface area contributed by atoms with Gasteiger partial charge in [-0.25, -0.2) is 0 Å². The summed E-state index contributed by atoms with van der Waals surface area (Å²) in [5, 5.41) is 9.36. The van der Waals surface area contributed by atoms with Gasteiger partial charge in [0.05, 0.1) is 12.0 Å². The topological polar surface area (TPSA) is 46.5 Å². The van der Waals surface area contributed by atoms with Gasteiger partial charge >= 0.3 is 5.97 Å². The normalized spacial score (nSPS) is 17.6. The maximum absolute atomic E-state index is 11.4. The lowest BCUT2D eigenvalue weighted by atomic mass is 9.83. The number of aryl methyl sites for hydroxylation is 1. The van der Waals surface area contributed by atoms with E-state index >= 15 is 0 Å². The van der Waals surface area contributed by atoms with Gasteiger partial charge < -0.3 is 9.84 Å². The zero-order chi connectivity index (χ0) is 13.0. The standard InChI is InChI=1S/C15H20O3/c1-12-6-2-3-7-13(12)18-11-10-15(14(16)17)8-4-5-9-15/h2-3,6-7H,4-5,8-11H2,1H3,(H,16,17). The van der Waals surface area contributed by atoms with Crippen molar-refractivity contribution in [2.45, 2.75) is 39.0 Å². The number of carboxylic acid groups (broad SMARTS) is 1. The maximum Gasteiger partial charge on any atom is 0.309 e. The Kier molecular flexibility index (Phi) is 3.90. The Morgan fingerprint density at radius 1 is 1.33 bits per heavy atom. The first-order valence-corrected chi connectivity index (χ1v) is 6.56. The van der Waals surface area contributed by atoms with E-state index in [2.05, 4.69) is 0 Å². The average molecular weight is 248 g/mol. The van der Waals surface area contributed by atoms with Crippen LogP contribution in [0, 0.1) is 12.3 Å². The highest BCUT2D eigenvalue weighted by Gasteiger charge is 2.40. The third-order valence-corrected chi connectivity index (χ3v) is 3.95. The number of rotatable bonds is 5. The lowest BCUT2D eigenvalue weighted by Gasteiger charge is -2.23. The highest BCUT2D eigenvalue weighted by atomic mass is 16.5. The Morgan fingerprint density at radius 2 is 2.00 bits per heavy atom. The second kappa shape index (κ2) is 5.42. The molecule has 0 bridgehead atoms. The van der Waals surface area contributed by atoms with Crippen LogP contribution < -0.4 is 4.74 Å². The second-order valence-corrected chi connectivity index (χ2v) is 5.16. The van der Waals surface area contributed by atoms with Crippen molar-refractivity contribution in [3.8, 4) is 5.75 Å². The molecule has 3 nitrogen and oxygen atoms in total. The molecule has 1 fully saturated rings. The molecule has 1 saturated carbocycles. The first kappa shape index (κ1) is 12.9. The molecule has 0 unspecified atom stereocenters. The number of para-hydroxylation sites is 1. The fourth-order valence-electron chi connectivity index (χ4n) is 2.70. The van der Waals surface area contributed by atoms with E-state index in [1.165, 1.54) is 0 Å². The smallest absolute Gasteiger partial charge is 0.309 e. The molecular weight excluding hydrogens is 228 g/mol. The molecule has 0 amide bonds. The van der Waals surface area contributed by atoms with Crippen LogP contribution >= 0.6 is 0 Å². The Balaban J connectivity index is 1.92. The summed E-state index contributed by atoms with van der Waals surface area (Å²) in [4.78, 5) is 11.4. The first-order valence-electron chi connectivity index (χ1n) is 6.56. The largest absolute Gasteiger partial charge is 0.493 e. The van der Waals surface area contributed by atoms with Gasteiger partial charge in [0, 0.05) is 0 Å². The summed E-state index contributed by atoms with van der Waals surface area (Å²) in [5.74, 6) is 0.199. The van der Waals surface area contributed by atoms with Crippen molar-refractivity contribution in [1.82, 2.24) is 0 Å². The van der Waals surface area contributed by atoms with Gasteiger partial charge in [-0.3, -0.25) is 4.79 Å². The first-order chi connectivity index (χ1) is 8.64. The summed E-state index contributed by atoms with van der Waals surface area (Å²) >= 11 is 0. The van der Waals surface area contributed by atoms with Crippen LogP contribution in [-0.2, 0) is 4.79 Å². The van der Waals surface area contributed by atoms with E-state index < -0.39 is 11.4 Å². The van der Waals surface area contributed by atoms with Crippen LogP contribution in [0.1, 0.15) is 37.7 Å². The molecule has 1 N–H and O–H groups in total. The van der Waals surface area contributed by atoms with Gasteiger partial charge in [0.25, 0.3) is 0 Å². The molecule has 18 heavy (non-hydrogen) atoms. The van der Waals surface area contributed by atoms with E-state index in [1.54, 1.807) is 0 Å². The lowest BCUT2D eigenvalue weighted by Crippen LogP contribution is -2.29. The third kappa shape index (κ3) is 2.66. The minimum atomic E-state index is -0.659. The van der Waals surface area contributed by atoms with Gasteiger partial charge in [-0.2, -0.15) is 0 Å². The summed E-state index contributed by atoms with van der Waals surface area (Å²) in [6, 6.07) is 7.83. The van der Waals surface area contributed by atoms with Crippen LogP contribution in [0.25, 0.3) is 0 Å². The third-order valence-electron chi connectivity index (χ3n) is 3.95. The average Bonchev–Trinajstić information content (AvgIpc) is 2.82. The quantitative estimate of drug-likeness (QED) is 0.868. The van der Waals surface area contributed by atoms with Gasteiger partial charge in [0.1, 0.15) is 5.75 Å². The number of aliphatic carboxylic acids is 1. The molecule has 0 aliphatic heterocycles. The number of ether oxygens (including phenoxy) is 1. The van der Waals surface area contributed by atoms with E-state index in [-0.39, 0.29) is 0 Å². The SMILES string of the molecule is Cc1ccccc1OCCC1(C(=O)O)CCCC1. The van der Waals surface area contributed by atoms with Crippen molar-refractivity contribution < 1.29 is 14.6 Å². The van der Waals surface area contributed by atoms with Crippen LogP contribution in [-0.4, -0.2) is 17.7 Å². The Bertz CT molecular complexity index is 420. The van der Waals surface area contributed by atoms with Crippen LogP contribution in [0.2, 0.25) is 0 Å². The predicted molar refractivity (Wildman–Crippen MR) is 69.8 cm³/mol. The van der Waals surface area contributed by atoms with Crippen molar-refractivity contribution >= 4 is 5.97 Å². The number of benzene rings is 1. The second-order valence-electron chi connectivity index (χ2n) is 5.16. The fourth-order valence-corrected chi connectivity index (χ4v) is 2.70. The van der Waals surface area contributed by atoms with Gasteiger partial charge in [-0.15, -0.1) is 0 Å². The molecule has 0 saturated heterocycles. The molecule has 3 heteroatoms. The zero-order valence-electron chi connectivity index (χ0n) is 10.8. The van der Waals surface area contributed by atoms with Crippen LogP contribution in [0.15, 0.2) is 24.3 Å². The van der Waals surface area contributed by atoms with E-state index in [1.807, 2.05) is 31.2 Å².